The van der Waals surface area contributed by atoms with Gasteiger partial charge in [-0.25, -0.2) is 15.0 Å². The lowest BCUT2D eigenvalue weighted by Crippen LogP contribution is -2.04. The van der Waals surface area contributed by atoms with Crippen LogP contribution in [0.25, 0.3) is 163 Å². The number of benzene rings is 12. The molecule has 0 amide bonds. The van der Waals surface area contributed by atoms with E-state index in [2.05, 4.69) is 309 Å². The molecular formula is C82H54N4S2. The van der Waals surface area contributed by atoms with Crippen LogP contribution in [-0.2, 0) is 0 Å². The topological polar surface area (TPSA) is 43.6 Å². The molecule has 0 spiro atoms. The third-order valence-electron chi connectivity index (χ3n) is 16.9. The molecule has 0 radical (unpaired) electrons. The smallest absolute Gasteiger partial charge is 0.164 e. The van der Waals surface area contributed by atoms with E-state index >= 15 is 0 Å². The van der Waals surface area contributed by atoms with E-state index in [1.165, 1.54) is 40.3 Å². The molecule has 12 aromatic carbocycles. The summed E-state index contributed by atoms with van der Waals surface area (Å²) in [4.78, 5) is 16.6. The van der Waals surface area contributed by atoms with E-state index in [9.17, 15) is 0 Å². The lowest BCUT2D eigenvalue weighted by Gasteiger charge is -2.22. The molecule has 0 saturated heterocycles. The number of allylic oxidation sites excluding steroid dienone is 5. The number of hydrogen-bond donors (Lipinski definition) is 0. The zero-order valence-corrected chi connectivity index (χ0v) is 49.7. The number of fused-ring (bicyclic) bond motifs is 9. The predicted octanol–water partition coefficient (Wildman–Crippen LogP) is 23.2. The molecule has 4 heterocycles. The van der Waals surface area contributed by atoms with E-state index in [0.717, 1.165) is 111 Å². The van der Waals surface area contributed by atoms with Crippen molar-refractivity contribution in [3.63, 3.8) is 0 Å². The van der Waals surface area contributed by atoms with E-state index in [0.29, 0.717) is 17.5 Å². The highest BCUT2D eigenvalue weighted by atomic mass is 32.1. The lowest BCUT2D eigenvalue weighted by atomic mass is 9.90. The molecule has 6 heteroatoms. The number of nitrogens with zero attached hydrogens (tertiary/aromatic N) is 4. The van der Waals surface area contributed by atoms with Gasteiger partial charge in [0, 0.05) is 78.9 Å². The monoisotopic (exact) mass is 1160 g/mol. The second-order valence-corrected chi connectivity index (χ2v) is 24.4. The molecule has 0 aliphatic rings. The van der Waals surface area contributed by atoms with Gasteiger partial charge in [-0.1, -0.05) is 243 Å². The fourth-order valence-corrected chi connectivity index (χ4v) is 15.2. The van der Waals surface area contributed by atoms with Crippen molar-refractivity contribution in [1.29, 1.82) is 0 Å². The Morgan fingerprint density at radius 3 is 1.23 bits per heavy atom. The average Bonchev–Trinajstić information content (AvgIpc) is 1.57. The number of thiophene rings is 2. The second kappa shape index (κ2) is 22.2. The van der Waals surface area contributed by atoms with Crippen LogP contribution in [-0.4, -0.2) is 19.5 Å². The quantitative estimate of drug-likeness (QED) is 0.115. The highest BCUT2D eigenvalue weighted by Crippen LogP contribution is 2.50. The van der Waals surface area contributed by atoms with Gasteiger partial charge >= 0.3 is 0 Å². The molecule has 0 saturated carbocycles. The molecule has 16 rings (SSSR count). The molecule has 0 unspecified atom stereocenters. The van der Waals surface area contributed by atoms with Gasteiger partial charge in [-0.15, -0.1) is 22.7 Å². The molecule has 16 aromatic rings. The van der Waals surface area contributed by atoms with Gasteiger partial charge in [0.05, 0.1) is 16.7 Å². The molecule has 88 heavy (non-hydrogen) atoms. The van der Waals surface area contributed by atoms with Crippen molar-refractivity contribution in [3.05, 3.63) is 309 Å². The van der Waals surface area contributed by atoms with Crippen molar-refractivity contribution in [2.75, 3.05) is 0 Å². The van der Waals surface area contributed by atoms with Crippen molar-refractivity contribution in [2.24, 2.45) is 0 Å². The summed E-state index contributed by atoms with van der Waals surface area (Å²) in [6.45, 7) is 6.29. The van der Waals surface area contributed by atoms with Gasteiger partial charge in [0.2, 0.25) is 0 Å². The molecule has 4 aromatic heterocycles. The first-order chi connectivity index (χ1) is 43.5. The lowest BCUT2D eigenvalue weighted by molar-refractivity contribution is 1.07. The van der Waals surface area contributed by atoms with Crippen LogP contribution < -0.4 is 0 Å². The summed E-state index contributed by atoms with van der Waals surface area (Å²) in [6.07, 6.45) is 8.30. The Hall–Kier alpha value is -10.9. The number of aromatic nitrogens is 4. The van der Waals surface area contributed by atoms with Crippen LogP contribution in [0.5, 0.6) is 0 Å². The first-order valence-electron chi connectivity index (χ1n) is 29.7. The van der Waals surface area contributed by atoms with Crippen molar-refractivity contribution in [3.8, 4) is 95.5 Å². The first-order valence-corrected chi connectivity index (χ1v) is 31.3. The Morgan fingerprint density at radius 1 is 0.352 bits per heavy atom. The summed E-state index contributed by atoms with van der Waals surface area (Å²) < 4.78 is 7.44. The number of rotatable bonds is 12. The summed E-state index contributed by atoms with van der Waals surface area (Å²) in [6, 6.07) is 99.1. The van der Waals surface area contributed by atoms with Crippen molar-refractivity contribution < 1.29 is 0 Å². The molecule has 0 fully saturated rings. The van der Waals surface area contributed by atoms with Crippen LogP contribution in [0.2, 0.25) is 0 Å². The van der Waals surface area contributed by atoms with Gasteiger partial charge in [-0.3, -0.25) is 0 Å². The molecule has 0 aliphatic heterocycles. The Kier molecular flexibility index (Phi) is 13.3. The van der Waals surface area contributed by atoms with E-state index < -0.39 is 0 Å². The summed E-state index contributed by atoms with van der Waals surface area (Å²) in [5, 5.41) is 7.26. The minimum absolute atomic E-state index is 0.577. The SMILES string of the molecule is C=C/C=C(\C=C/C)c1cc(-c2ccccc2)c2c3c(-c4ccccc4)cc(-c4ccccc4)cc3n(-c3c(-c4ccccc4)cc(-c4nc(-c5ccc6c(c5)sc5ccccc56)nc(-c5ccc6c(c5)sc5ccccc56)n4)cc3-c3ccccc3)c2c1. The fourth-order valence-electron chi connectivity index (χ4n) is 12.9. The average molecular weight is 1160 g/mol. The van der Waals surface area contributed by atoms with E-state index in [4.69, 9.17) is 15.0 Å². The molecule has 0 aliphatic carbocycles. The normalized spacial score (nSPS) is 12.0. The minimum atomic E-state index is 0.577. The Labute approximate surface area is 518 Å². The zero-order chi connectivity index (χ0) is 58.7. The predicted molar refractivity (Wildman–Crippen MR) is 376 cm³/mol. The van der Waals surface area contributed by atoms with Gasteiger partial charge < -0.3 is 4.57 Å². The summed E-state index contributed by atoms with van der Waals surface area (Å²) in [5.74, 6) is 1.79. The zero-order valence-electron chi connectivity index (χ0n) is 48.1. The van der Waals surface area contributed by atoms with Crippen LogP contribution in [0.1, 0.15) is 12.5 Å². The maximum absolute atomic E-state index is 5.58. The third-order valence-corrected chi connectivity index (χ3v) is 19.2. The molecule has 0 N–H and O–H groups in total. The largest absolute Gasteiger partial charge is 0.308 e. The molecule has 414 valence electrons. The van der Waals surface area contributed by atoms with Crippen molar-refractivity contribution in [2.45, 2.75) is 6.92 Å². The third kappa shape index (κ3) is 9.26. The van der Waals surface area contributed by atoms with Crippen LogP contribution in [0, 0.1) is 0 Å². The molecular weight excluding hydrogens is 1110 g/mol. The van der Waals surface area contributed by atoms with Gasteiger partial charge in [0.1, 0.15) is 0 Å². The van der Waals surface area contributed by atoms with E-state index in [1.807, 2.05) is 6.08 Å². The van der Waals surface area contributed by atoms with Gasteiger partial charge in [-0.2, -0.15) is 0 Å². The highest BCUT2D eigenvalue weighted by Gasteiger charge is 2.28. The molecule has 4 nitrogen and oxygen atoms in total. The van der Waals surface area contributed by atoms with Crippen LogP contribution in [0.15, 0.2) is 304 Å². The van der Waals surface area contributed by atoms with Crippen molar-refractivity contribution in [1.82, 2.24) is 19.5 Å². The highest BCUT2D eigenvalue weighted by molar-refractivity contribution is 7.26. The summed E-state index contributed by atoms with van der Waals surface area (Å²) in [5.41, 5.74) is 18.9. The Bertz CT molecular complexity index is 5250. The van der Waals surface area contributed by atoms with E-state index in [-0.39, 0.29) is 0 Å². The Morgan fingerprint density at radius 2 is 0.750 bits per heavy atom. The van der Waals surface area contributed by atoms with E-state index in [1.54, 1.807) is 22.7 Å². The minimum Gasteiger partial charge on any atom is -0.308 e. The maximum atomic E-state index is 5.58. The summed E-state index contributed by atoms with van der Waals surface area (Å²) >= 11 is 3.60. The summed E-state index contributed by atoms with van der Waals surface area (Å²) in [7, 11) is 0. The van der Waals surface area contributed by atoms with Gasteiger partial charge in [0.15, 0.2) is 17.5 Å². The standard InChI is InChI=1S/C82H54N4S2/c1-3-24-52(25-4-2)60-44-67(54-28-12-6-13-29-54)77-71(48-60)86(72-49-61(53-26-10-5-11-27-53)45-68(78(72)77)55-30-14-7-15-31-55)79-69(56-32-16-8-17-33-56)46-62(47-70(79)57-34-18-9-19-35-57)82-84-80(58-40-42-65-63-36-20-22-38-73(63)87-75(65)50-58)83-81(85-82)59-41-43-66-64-37-21-23-39-74(64)88-76(66)51-59/h3-51H,1H2,2H3/b25-4-,52-24+. The second-order valence-electron chi connectivity index (χ2n) is 22.2. The number of hydrogen-bond acceptors (Lipinski definition) is 5. The maximum Gasteiger partial charge on any atom is 0.164 e. The van der Waals surface area contributed by atoms with Gasteiger partial charge in [0.25, 0.3) is 0 Å². The van der Waals surface area contributed by atoms with Gasteiger partial charge in [-0.05, 0) is 123 Å². The first kappa shape index (κ1) is 52.6. The Balaban J connectivity index is 1.05. The molecule has 0 atom stereocenters. The molecule has 0 bridgehead atoms. The fraction of sp³-hybridized carbons (Fsp3) is 0.0122. The van der Waals surface area contributed by atoms with Crippen LogP contribution in [0.4, 0.5) is 0 Å². The van der Waals surface area contributed by atoms with Crippen LogP contribution >= 0.6 is 22.7 Å². The van der Waals surface area contributed by atoms with Crippen molar-refractivity contribution >= 4 is 90.4 Å². The van der Waals surface area contributed by atoms with Crippen LogP contribution in [0.3, 0.4) is 0 Å².